The number of nitrogens with zero attached hydrogens (tertiary/aromatic N) is 2. The minimum atomic E-state index is -0.288. The number of nitrogens with one attached hydrogen (secondary N) is 1. The Morgan fingerprint density at radius 2 is 1.86 bits per heavy atom. The fourth-order valence-corrected chi connectivity index (χ4v) is 2.94. The van der Waals surface area contributed by atoms with Crippen LogP contribution in [0.3, 0.4) is 0 Å². The van der Waals surface area contributed by atoms with E-state index in [2.05, 4.69) is 10.4 Å². The average molecular weight is 314 g/mol. The van der Waals surface area contributed by atoms with Gasteiger partial charge in [-0.05, 0) is 30.7 Å². The van der Waals surface area contributed by atoms with Crippen LogP contribution in [0.15, 0.2) is 48.5 Å². The van der Waals surface area contributed by atoms with Crippen molar-refractivity contribution in [1.82, 2.24) is 9.78 Å². The van der Waals surface area contributed by atoms with E-state index in [1.54, 1.807) is 16.8 Å². The fraction of sp³-hybridized carbons (Fsp3) is 0.118. The molecular weight excluding hydrogens is 301 g/mol. The Hall–Kier alpha value is -2.33. The molecule has 0 bridgehead atoms. The van der Waals surface area contributed by atoms with E-state index in [1.165, 1.54) is 6.07 Å². The molecule has 2 heterocycles. The summed E-state index contributed by atoms with van der Waals surface area (Å²) >= 11 is 5.95. The van der Waals surface area contributed by atoms with Crippen LogP contribution in [-0.4, -0.2) is 16.3 Å². The molecule has 4 rings (SSSR count). The van der Waals surface area contributed by atoms with Gasteiger partial charge in [0.2, 0.25) is 0 Å². The molecule has 0 saturated heterocycles. The van der Waals surface area contributed by atoms with Gasteiger partial charge >= 0.3 is 0 Å². The van der Waals surface area contributed by atoms with Crippen LogP contribution in [0.25, 0.3) is 16.9 Å². The molecule has 0 atom stereocenters. The molecule has 1 N–H and O–H groups in total. The van der Waals surface area contributed by atoms with Crippen LogP contribution in [-0.2, 0) is 6.42 Å². The Morgan fingerprint density at radius 3 is 2.64 bits per heavy atom. The summed E-state index contributed by atoms with van der Waals surface area (Å²) in [5.74, 6) is 0.583. The van der Waals surface area contributed by atoms with E-state index in [0.29, 0.717) is 10.7 Å². The number of hydrogen-bond acceptors (Lipinski definition) is 2. The summed E-state index contributed by atoms with van der Waals surface area (Å²) in [6.07, 6.45) is 0.877. The lowest BCUT2D eigenvalue weighted by molar-refractivity contribution is 0.612. The number of hydrogen-bond donors (Lipinski definition) is 1. The summed E-state index contributed by atoms with van der Waals surface area (Å²) in [6.45, 7) is 0.836. The van der Waals surface area contributed by atoms with Crippen molar-refractivity contribution in [3.8, 4) is 16.9 Å². The van der Waals surface area contributed by atoms with Gasteiger partial charge in [-0.3, -0.25) is 0 Å². The number of fused-ring (bicyclic) bond motifs is 1. The van der Waals surface area contributed by atoms with Crippen LogP contribution >= 0.6 is 11.6 Å². The van der Waals surface area contributed by atoms with Crippen molar-refractivity contribution in [2.45, 2.75) is 6.42 Å². The summed E-state index contributed by atoms with van der Waals surface area (Å²) in [6, 6.07) is 14.2. The number of para-hydroxylation sites is 1. The van der Waals surface area contributed by atoms with Gasteiger partial charge in [0.05, 0.1) is 5.69 Å². The van der Waals surface area contributed by atoms with Crippen LogP contribution in [0.1, 0.15) is 5.56 Å². The third-order valence-corrected chi connectivity index (χ3v) is 4.10. The minimum Gasteiger partial charge on any atom is -0.369 e. The molecule has 0 aliphatic carbocycles. The summed E-state index contributed by atoms with van der Waals surface area (Å²) in [5, 5.41) is 8.62. The molecule has 0 spiro atoms. The van der Waals surface area contributed by atoms with E-state index in [9.17, 15) is 4.39 Å². The maximum absolute atomic E-state index is 14.1. The van der Waals surface area contributed by atoms with Gasteiger partial charge in [-0.15, -0.1) is 0 Å². The van der Waals surface area contributed by atoms with E-state index in [-0.39, 0.29) is 5.82 Å². The van der Waals surface area contributed by atoms with E-state index < -0.39 is 0 Å². The molecular formula is C17H13ClFN3. The summed E-state index contributed by atoms with van der Waals surface area (Å²) in [5.41, 5.74) is 3.43. The first-order valence-electron chi connectivity index (χ1n) is 7.10. The highest BCUT2D eigenvalue weighted by Crippen LogP contribution is 2.35. The topological polar surface area (TPSA) is 29.9 Å². The highest BCUT2D eigenvalue weighted by Gasteiger charge is 2.24. The van der Waals surface area contributed by atoms with Crippen LogP contribution in [0.4, 0.5) is 10.2 Å². The largest absolute Gasteiger partial charge is 0.369 e. The van der Waals surface area contributed by atoms with Crippen molar-refractivity contribution in [2.75, 3.05) is 11.9 Å². The number of halogens is 2. The average Bonchev–Trinajstić information content (AvgIpc) is 3.11. The lowest BCUT2D eigenvalue weighted by atomic mass is 10.1. The van der Waals surface area contributed by atoms with Crippen molar-refractivity contribution < 1.29 is 4.39 Å². The molecule has 1 aromatic heterocycles. The molecule has 0 radical (unpaired) electrons. The first-order valence-corrected chi connectivity index (χ1v) is 7.48. The summed E-state index contributed by atoms with van der Waals surface area (Å²) in [4.78, 5) is 0. The van der Waals surface area contributed by atoms with Gasteiger partial charge in [-0.2, -0.15) is 5.10 Å². The SMILES string of the molecule is Fc1ccccc1-n1nc(-c2ccc(Cl)cc2)c2c1NCC2. The van der Waals surface area contributed by atoms with Gasteiger partial charge in [0.1, 0.15) is 17.3 Å². The smallest absolute Gasteiger partial charge is 0.148 e. The predicted molar refractivity (Wildman–Crippen MR) is 86.2 cm³/mol. The molecule has 1 aliphatic rings. The first-order chi connectivity index (χ1) is 10.7. The third-order valence-electron chi connectivity index (χ3n) is 3.85. The second-order valence-corrected chi connectivity index (χ2v) is 5.66. The maximum Gasteiger partial charge on any atom is 0.148 e. The number of anilines is 1. The van der Waals surface area contributed by atoms with E-state index in [4.69, 9.17) is 11.6 Å². The van der Waals surface area contributed by atoms with Crippen LogP contribution in [0.5, 0.6) is 0 Å². The molecule has 0 unspecified atom stereocenters. The van der Waals surface area contributed by atoms with Gasteiger partial charge in [-0.1, -0.05) is 35.9 Å². The Bertz CT molecular complexity index is 840. The Balaban J connectivity index is 1.90. The lowest BCUT2D eigenvalue weighted by Gasteiger charge is -2.07. The molecule has 22 heavy (non-hydrogen) atoms. The molecule has 0 saturated carbocycles. The Kier molecular flexibility index (Phi) is 3.12. The molecule has 1 aliphatic heterocycles. The third kappa shape index (κ3) is 2.07. The Morgan fingerprint density at radius 1 is 1.09 bits per heavy atom. The zero-order valence-electron chi connectivity index (χ0n) is 11.7. The molecule has 3 aromatic rings. The van der Waals surface area contributed by atoms with Crippen molar-refractivity contribution in [1.29, 1.82) is 0 Å². The number of aromatic nitrogens is 2. The summed E-state index contributed by atoms with van der Waals surface area (Å²) in [7, 11) is 0. The second kappa shape index (κ2) is 5.14. The molecule has 110 valence electrons. The van der Waals surface area contributed by atoms with Gasteiger partial charge in [0.25, 0.3) is 0 Å². The second-order valence-electron chi connectivity index (χ2n) is 5.22. The van der Waals surface area contributed by atoms with Crippen LogP contribution in [0.2, 0.25) is 5.02 Å². The quantitative estimate of drug-likeness (QED) is 0.764. The zero-order valence-corrected chi connectivity index (χ0v) is 12.4. The van der Waals surface area contributed by atoms with Gasteiger partial charge < -0.3 is 5.32 Å². The van der Waals surface area contributed by atoms with Crippen molar-refractivity contribution >= 4 is 17.4 Å². The van der Waals surface area contributed by atoms with Gasteiger partial charge in [0.15, 0.2) is 0 Å². The highest BCUT2D eigenvalue weighted by atomic mass is 35.5. The van der Waals surface area contributed by atoms with Crippen molar-refractivity contribution in [2.24, 2.45) is 0 Å². The standard InChI is InChI=1S/C17H13ClFN3/c18-12-7-5-11(6-8-12)16-13-9-10-20-17(13)22(21-16)15-4-2-1-3-14(15)19/h1-8,20H,9-10H2. The maximum atomic E-state index is 14.1. The molecule has 3 nitrogen and oxygen atoms in total. The fourth-order valence-electron chi connectivity index (χ4n) is 2.81. The van der Waals surface area contributed by atoms with Gasteiger partial charge in [-0.25, -0.2) is 9.07 Å². The van der Waals surface area contributed by atoms with E-state index in [0.717, 1.165) is 35.6 Å². The molecule has 0 fully saturated rings. The van der Waals surface area contributed by atoms with Crippen LogP contribution in [0, 0.1) is 5.82 Å². The minimum absolute atomic E-state index is 0.288. The number of benzene rings is 2. The normalized spacial score (nSPS) is 13.0. The zero-order chi connectivity index (χ0) is 15.1. The number of rotatable bonds is 2. The van der Waals surface area contributed by atoms with Gasteiger partial charge in [0, 0.05) is 22.7 Å². The predicted octanol–water partition coefficient (Wildman–Crippen LogP) is 4.30. The van der Waals surface area contributed by atoms with Crippen LogP contribution < -0.4 is 5.32 Å². The molecule has 5 heteroatoms. The lowest BCUT2D eigenvalue weighted by Crippen LogP contribution is -2.05. The van der Waals surface area contributed by atoms with Crippen molar-refractivity contribution in [3.63, 3.8) is 0 Å². The molecule has 0 amide bonds. The Labute approximate surface area is 132 Å². The summed E-state index contributed by atoms with van der Waals surface area (Å²) < 4.78 is 15.8. The van der Waals surface area contributed by atoms with E-state index in [1.807, 2.05) is 30.3 Å². The highest BCUT2D eigenvalue weighted by molar-refractivity contribution is 6.30. The molecule has 2 aromatic carbocycles. The monoisotopic (exact) mass is 313 g/mol. The van der Waals surface area contributed by atoms with E-state index >= 15 is 0 Å². The van der Waals surface area contributed by atoms with Crippen molar-refractivity contribution in [3.05, 3.63) is 64.9 Å². The first kappa shape index (κ1) is 13.3.